The number of fused-ring (bicyclic) bond motifs is 1. The largest absolute Gasteiger partial charge is 0.490 e. The number of pyridine rings is 1. The highest BCUT2D eigenvalue weighted by atomic mass is 19.4. The number of H-pyrrole nitrogens is 1. The number of carbonyl (C=O) groups is 2. The van der Waals surface area contributed by atoms with Gasteiger partial charge in [-0.3, -0.25) is 9.89 Å². The van der Waals surface area contributed by atoms with Crippen molar-refractivity contribution in [2.45, 2.75) is 19.2 Å². The fourth-order valence-corrected chi connectivity index (χ4v) is 2.19. The summed E-state index contributed by atoms with van der Waals surface area (Å²) in [5.41, 5.74) is 2.00. The van der Waals surface area contributed by atoms with Crippen molar-refractivity contribution in [2.24, 2.45) is 0 Å². The standard InChI is InChI=1S/C16H17N5O2.C2HF3O2/c1-10(22)8-18-15-13(3-2-6-17-15)16(23)20-12-4-5-14-11(7-12)9-19-21-14;3-2(4,5)1(6)7/h2-7,9-10,22H,8H2,1H3,(H,17,18)(H,19,21)(H,20,23);(H,6,7)/t10-;/m1./s1. The number of rotatable bonds is 5. The molecule has 3 rings (SSSR count). The SMILES string of the molecule is C[C@@H](O)CNc1ncccc1C(=O)Nc1ccc2[nH]ncc2c1.O=C(O)C(F)(F)F. The monoisotopic (exact) mass is 425 g/mol. The van der Waals surface area contributed by atoms with Crippen LogP contribution in [0, 0.1) is 0 Å². The maximum absolute atomic E-state index is 12.5. The van der Waals surface area contributed by atoms with Crippen molar-refractivity contribution in [3.05, 3.63) is 48.3 Å². The van der Waals surface area contributed by atoms with E-state index in [4.69, 9.17) is 9.90 Å². The highest BCUT2D eigenvalue weighted by Crippen LogP contribution is 2.19. The van der Waals surface area contributed by atoms with Crippen LogP contribution in [0.5, 0.6) is 0 Å². The van der Waals surface area contributed by atoms with E-state index in [2.05, 4.69) is 25.8 Å². The highest BCUT2D eigenvalue weighted by Gasteiger charge is 2.38. The van der Waals surface area contributed by atoms with Gasteiger partial charge in [0, 0.05) is 23.8 Å². The molecule has 0 fully saturated rings. The lowest BCUT2D eigenvalue weighted by molar-refractivity contribution is -0.192. The van der Waals surface area contributed by atoms with E-state index in [-0.39, 0.29) is 5.91 Å². The summed E-state index contributed by atoms with van der Waals surface area (Å²) in [6, 6.07) is 8.88. The molecule has 0 saturated heterocycles. The van der Waals surface area contributed by atoms with Crippen LogP contribution in [-0.4, -0.2) is 56.1 Å². The van der Waals surface area contributed by atoms with Gasteiger partial charge in [-0.15, -0.1) is 0 Å². The summed E-state index contributed by atoms with van der Waals surface area (Å²) in [7, 11) is 0. The number of halogens is 3. The van der Waals surface area contributed by atoms with E-state index in [9.17, 15) is 23.1 Å². The smallest absolute Gasteiger partial charge is 0.475 e. The summed E-state index contributed by atoms with van der Waals surface area (Å²) in [5.74, 6) is -2.59. The number of amides is 1. The lowest BCUT2D eigenvalue weighted by atomic mass is 10.2. The molecule has 0 aliphatic rings. The number of aliphatic hydroxyl groups excluding tert-OH is 1. The van der Waals surface area contributed by atoms with Gasteiger partial charge in [0.2, 0.25) is 0 Å². The number of nitrogens with one attached hydrogen (secondary N) is 3. The second-order valence-corrected chi connectivity index (χ2v) is 6.06. The van der Waals surface area contributed by atoms with Gasteiger partial charge in [-0.1, -0.05) is 0 Å². The quantitative estimate of drug-likeness (QED) is 0.423. The predicted molar refractivity (Wildman–Crippen MR) is 102 cm³/mol. The lowest BCUT2D eigenvalue weighted by Gasteiger charge is -2.12. The van der Waals surface area contributed by atoms with Crippen molar-refractivity contribution >= 4 is 34.3 Å². The van der Waals surface area contributed by atoms with Crippen molar-refractivity contribution in [1.29, 1.82) is 0 Å². The number of benzene rings is 1. The van der Waals surface area contributed by atoms with Gasteiger partial charge in [0.05, 0.1) is 23.4 Å². The van der Waals surface area contributed by atoms with Gasteiger partial charge in [0.15, 0.2) is 0 Å². The third-order valence-electron chi connectivity index (χ3n) is 3.56. The third-order valence-corrected chi connectivity index (χ3v) is 3.56. The Kier molecular flexibility index (Phi) is 7.31. The molecule has 5 N–H and O–H groups in total. The second kappa shape index (κ2) is 9.69. The Balaban J connectivity index is 0.000000396. The number of aromatic nitrogens is 3. The number of carboxylic acid groups (broad SMARTS) is 1. The average molecular weight is 425 g/mol. The number of aromatic amines is 1. The van der Waals surface area contributed by atoms with Crippen LogP contribution >= 0.6 is 0 Å². The van der Waals surface area contributed by atoms with Gasteiger partial charge < -0.3 is 20.8 Å². The van der Waals surface area contributed by atoms with Crippen LogP contribution in [0.25, 0.3) is 10.9 Å². The summed E-state index contributed by atoms with van der Waals surface area (Å²) in [6.45, 7) is 1.98. The Bertz CT molecular complexity index is 1020. The van der Waals surface area contributed by atoms with Crippen LogP contribution in [0.2, 0.25) is 0 Å². The molecule has 0 radical (unpaired) electrons. The molecule has 12 heteroatoms. The molecule has 1 amide bonds. The molecule has 2 aromatic heterocycles. The van der Waals surface area contributed by atoms with E-state index < -0.39 is 18.2 Å². The summed E-state index contributed by atoms with van der Waals surface area (Å²) in [4.78, 5) is 25.5. The van der Waals surface area contributed by atoms with E-state index in [1.165, 1.54) is 0 Å². The molecule has 1 atom stereocenters. The number of hydrogen-bond acceptors (Lipinski definition) is 6. The molecule has 2 heterocycles. The number of alkyl halides is 3. The molecule has 0 aliphatic heterocycles. The summed E-state index contributed by atoms with van der Waals surface area (Å²) >= 11 is 0. The molecule has 0 unspecified atom stereocenters. The van der Waals surface area contributed by atoms with Crippen molar-refractivity contribution in [2.75, 3.05) is 17.2 Å². The molecule has 160 valence electrons. The fraction of sp³-hybridized carbons (Fsp3) is 0.222. The number of anilines is 2. The molecule has 0 spiro atoms. The zero-order chi connectivity index (χ0) is 22.3. The van der Waals surface area contributed by atoms with Gasteiger partial charge in [0.25, 0.3) is 5.91 Å². The van der Waals surface area contributed by atoms with Crippen LogP contribution in [0.4, 0.5) is 24.7 Å². The Hall–Kier alpha value is -3.67. The summed E-state index contributed by atoms with van der Waals surface area (Å²) < 4.78 is 31.7. The number of aliphatic hydroxyl groups is 1. The van der Waals surface area contributed by atoms with Gasteiger partial charge in [-0.05, 0) is 37.3 Å². The van der Waals surface area contributed by atoms with E-state index in [1.807, 2.05) is 12.1 Å². The number of carboxylic acids is 1. The molecule has 0 saturated carbocycles. The lowest BCUT2D eigenvalue weighted by Crippen LogP contribution is -2.21. The Morgan fingerprint density at radius 3 is 2.60 bits per heavy atom. The second-order valence-electron chi connectivity index (χ2n) is 6.06. The van der Waals surface area contributed by atoms with E-state index in [0.29, 0.717) is 23.6 Å². The van der Waals surface area contributed by atoms with E-state index in [0.717, 1.165) is 10.9 Å². The average Bonchev–Trinajstić information content (AvgIpc) is 3.14. The van der Waals surface area contributed by atoms with Gasteiger partial charge in [-0.25, -0.2) is 9.78 Å². The van der Waals surface area contributed by atoms with Crippen LogP contribution in [-0.2, 0) is 4.79 Å². The van der Waals surface area contributed by atoms with Crippen molar-refractivity contribution < 1.29 is 33.0 Å². The molecule has 9 nitrogen and oxygen atoms in total. The first-order valence-electron chi connectivity index (χ1n) is 8.49. The molecule has 1 aromatic carbocycles. The van der Waals surface area contributed by atoms with Crippen LogP contribution in [0.1, 0.15) is 17.3 Å². The van der Waals surface area contributed by atoms with Crippen molar-refractivity contribution in [3.63, 3.8) is 0 Å². The molecular formula is C18H18F3N5O4. The molecule has 3 aromatic rings. The fourth-order valence-electron chi connectivity index (χ4n) is 2.19. The predicted octanol–water partition coefficient (Wildman–Crippen LogP) is 2.64. The molecule has 0 bridgehead atoms. The van der Waals surface area contributed by atoms with Gasteiger partial charge in [-0.2, -0.15) is 18.3 Å². The van der Waals surface area contributed by atoms with Crippen molar-refractivity contribution in [3.8, 4) is 0 Å². The molecule has 0 aliphatic carbocycles. The zero-order valence-corrected chi connectivity index (χ0v) is 15.6. The Morgan fingerprint density at radius 2 is 1.97 bits per heavy atom. The first kappa shape index (κ1) is 22.6. The Labute approximate surface area is 167 Å². The Morgan fingerprint density at radius 1 is 1.27 bits per heavy atom. The minimum Gasteiger partial charge on any atom is -0.475 e. The molecular weight excluding hydrogens is 407 g/mol. The first-order valence-corrected chi connectivity index (χ1v) is 8.49. The van der Waals surface area contributed by atoms with Gasteiger partial charge >= 0.3 is 12.1 Å². The van der Waals surface area contributed by atoms with Crippen molar-refractivity contribution in [1.82, 2.24) is 15.2 Å². The normalized spacial score (nSPS) is 11.9. The number of carbonyl (C=O) groups excluding carboxylic acids is 1. The topological polar surface area (TPSA) is 140 Å². The number of nitrogens with zero attached hydrogens (tertiary/aromatic N) is 2. The maximum Gasteiger partial charge on any atom is 0.490 e. The van der Waals surface area contributed by atoms with E-state index in [1.54, 1.807) is 37.5 Å². The number of aliphatic carboxylic acids is 1. The van der Waals surface area contributed by atoms with Crippen LogP contribution < -0.4 is 10.6 Å². The van der Waals surface area contributed by atoms with Crippen LogP contribution in [0.3, 0.4) is 0 Å². The summed E-state index contributed by atoms with van der Waals surface area (Å²) in [6.07, 6.45) is -2.32. The first-order chi connectivity index (χ1) is 14.1. The maximum atomic E-state index is 12.5. The van der Waals surface area contributed by atoms with E-state index >= 15 is 0 Å². The summed E-state index contributed by atoms with van der Waals surface area (Å²) in [5, 5.41) is 30.0. The molecule has 30 heavy (non-hydrogen) atoms. The van der Waals surface area contributed by atoms with Crippen LogP contribution in [0.15, 0.2) is 42.7 Å². The highest BCUT2D eigenvalue weighted by molar-refractivity contribution is 6.08. The zero-order valence-electron chi connectivity index (χ0n) is 15.6. The minimum absolute atomic E-state index is 0.269. The number of hydrogen-bond donors (Lipinski definition) is 5. The third kappa shape index (κ3) is 6.44. The van der Waals surface area contributed by atoms with Gasteiger partial charge in [0.1, 0.15) is 5.82 Å². The minimum atomic E-state index is -5.08.